The van der Waals surface area contributed by atoms with E-state index in [9.17, 15) is 0 Å². The molecule has 3 heteroatoms. The summed E-state index contributed by atoms with van der Waals surface area (Å²) < 4.78 is 11.0. The molecule has 2 aromatic carbocycles. The normalized spacial score (nSPS) is 16.4. The number of para-hydroxylation sites is 1. The minimum absolute atomic E-state index is 0.302. The topological polar surface area (TPSA) is 30.5 Å². The minimum atomic E-state index is 0.302. The van der Waals surface area contributed by atoms with Gasteiger partial charge in [0.1, 0.15) is 11.5 Å². The maximum absolute atomic E-state index is 5.57. The molecule has 1 atom stereocenters. The largest absolute Gasteiger partial charge is 0.496 e. The average molecular weight is 269 g/mol. The molecule has 0 bridgehead atoms. The fourth-order valence-corrected chi connectivity index (χ4v) is 2.91. The van der Waals surface area contributed by atoms with E-state index in [0.717, 1.165) is 23.6 Å². The highest BCUT2D eigenvalue weighted by atomic mass is 16.5. The fraction of sp³-hybridized carbons (Fsp3) is 0.294. The Bertz CT molecular complexity index is 637. The Hall–Kier alpha value is -2.16. The molecule has 0 fully saturated rings. The van der Waals surface area contributed by atoms with Gasteiger partial charge >= 0.3 is 0 Å². The molecule has 2 aromatic rings. The van der Waals surface area contributed by atoms with Gasteiger partial charge in [-0.25, -0.2) is 0 Å². The summed E-state index contributed by atoms with van der Waals surface area (Å²) in [5.74, 6) is 2.13. The van der Waals surface area contributed by atoms with Crippen molar-refractivity contribution in [2.24, 2.45) is 0 Å². The molecule has 1 aliphatic heterocycles. The molecule has 0 aliphatic carbocycles. The summed E-state index contributed by atoms with van der Waals surface area (Å²) in [6.45, 7) is 2.92. The van der Waals surface area contributed by atoms with Gasteiger partial charge in [-0.15, -0.1) is 0 Å². The van der Waals surface area contributed by atoms with E-state index in [1.807, 2.05) is 6.92 Å². The molecule has 104 valence electrons. The van der Waals surface area contributed by atoms with Crippen LogP contribution >= 0.6 is 0 Å². The number of hydrogen-bond acceptors (Lipinski definition) is 3. The van der Waals surface area contributed by atoms with Gasteiger partial charge in [0.05, 0.1) is 14.2 Å². The van der Waals surface area contributed by atoms with Gasteiger partial charge in [-0.05, 0) is 36.2 Å². The smallest absolute Gasteiger partial charge is 0.123 e. The molecular formula is C17H19NO2. The zero-order valence-electron chi connectivity index (χ0n) is 12.1. The summed E-state index contributed by atoms with van der Waals surface area (Å²) in [6.07, 6.45) is 0. The van der Waals surface area contributed by atoms with E-state index in [1.165, 1.54) is 16.8 Å². The number of nitrogens with one attached hydrogen (secondary N) is 1. The van der Waals surface area contributed by atoms with Crippen LogP contribution in [0.5, 0.6) is 11.5 Å². The lowest BCUT2D eigenvalue weighted by Gasteiger charge is -2.18. The quantitative estimate of drug-likeness (QED) is 0.924. The first-order chi connectivity index (χ1) is 9.74. The number of benzene rings is 2. The van der Waals surface area contributed by atoms with Crippen LogP contribution in [0.4, 0.5) is 5.69 Å². The number of aryl methyl sites for hydroxylation is 1. The van der Waals surface area contributed by atoms with Crippen molar-refractivity contribution in [2.45, 2.75) is 12.8 Å². The minimum Gasteiger partial charge on any atom is -0.496 e. The summed E-state index contributed by atoms with van der Waals surface area (Å²) in [5.41, 5.74) is 4.79. The van der Waals surface area contributed by atoms with Crippen LogP contribution in [0.3, 0.4) is 0 Å². The van der Waals surface area contributed by atoms with Crippen molar-refractivity contribution >= 4 is 5.69 Å². The zero-order chi connectivity index (χ0) is 14.1. The Labute approximate surface area is 119 Å². The summed E-state index contributed by atoms with van der Waals surface area (Å²) in [7, 11) is 3.43. The van der Waals surface area contributed by atoms with E-state index < -0.39 is 0 Å². The molecule has 0 radical (unpaired) electrons. The van der Waals surface area contributed by atoms with Gasteiger partial charge < -0.3 is 14.8 Å². The average Bonchev–Trinajstić information content (AvgIpc) is 2.91. The zero-order valence-corrected chi connectivity index (χ0v) is 12.1. The summed E-state index contributed by atoms with van der Waals surface area (Å²) in [4.78, 5) is 0. The summed E-state index contributed by atoms with van der Waals surface area (Å²) in [6, 6.07) is 12.6. The molecule has 1 aliphatic rings. The number of methoxy groups -OCH3 is 2. The second-order valence-corrected chi connectivity index (χ2v) is 5.08. The molecule has 0 aromatic heterocycles. The number of fused-ring (bicyclic) bond motifs is 1. The highest BCUT2D eigenvalue weighted by molar-refractivity contribution is 5.63. The van der Waals surface area contributed by atoms with Crippen molar-refractivity contribution in [1.82, 2.24) is 0 Å². The van der Waals surface area contributed by atoms with E-state index in [0.29, 0.717) is 5.92 Å². The lowest BCUT2D eigenvalue weighted by Crippen LogP contribution is -2.06. The van der Waals surface area contributed by atoms with Crippen LogP contribution in [0.2, 0.25) is 0 Å². The number of rotatable bonds is 3. The molecule has 3 nitrogen and oxygen atoms in total. The summed E-state index contributed by atoms with van der Waals surface area (Å²) in [5, 5.41) is 3.46. The third-order valence-corrected chi connectivity index (χ3v) is 3.96. The molecule has 20 heavy (non-hydrogen) atoms. The molecule has 0 saturated carbocycles. The van der Waals surface area contributed by atoms with Crippen molar-refractivity contribution in [3.05, 3.63) is 53.1 Å². The Morgan fingerprint density at radius 1 is 1.00 bits per heavy atom. The van der Waals surface area contributed by atoms with Gasteiger partial charge in [-0.3, -0.25) is 0 Å². The Balaban J connectivity index is 2.11. The van der Waals surface area contributed by atoms with Gasteiger partial charge in [0.25, 0.3) is 0 Å². The Morgan fingerprint density at radius 2 is 1.75 bits per heavy atom. The lowest BCUT2D eigenvalue weighted by molar-refractivity contribution is 0.395. The Morgan fingerprint density at radius 3 is 2.50 bits per heavy atom. The van der Waals surface area contributed by atoms with Crippen LogP contribution in [0, 0.1) is 6.92 Å². The first-order valence-electron chi connectivity index (χ1n) is 6.80. The first kappa shape index (κ1) is 12.9. The molecule has 0 amide bonds. The maximum Gasteiger partial charge on any atom is 0.123 e. The molecule has 1 N–H and O–H groups in total. The van der Waals surface area contributed by atoms with Crippen LogP contribution in [0.15, 0.2) is 36.4 Å². The SMILES string of the molecule is COc1cc(C2CNc3ccccc32)c(OC)cc1C. The van der Waals surface area contributed by atoms with E-state index in [1.54, 1.807) is 14.2 Å². The van der Waals surface area contributed by atoms with Gasteiger partial charge in [-0.2, -0.15) is 0 Å². The van der Waals surface area contributed by atoms with Crippen molar-refractivity contribution in [3.63, 3.8) is 0 Å². The van der Waals surface area contributed by atoms with Gasteiger partial charge in [0.2, 0.25) is 0 Å². The highest BCUT2D eigenvalue weighted by Crippen LogP contribution is 2.41. The highest BCUT2D eigenvalue weighted by Gasteiger charge is 2.26. The molecule has 0 saturated heterocycles. The van der Waals surface area contributed by atoms with Crippen LogP contribution in [0.25, 0.3) is 0 Å². The summed E-state index contributed by atoms with van der Waals surface area (Å²) >= 11 is 0. The van der Waals surface area contributed by atoms with Crippen LogP contribution in [-0.4, -0.2) is 20.8 Å². The van der Waals surface area contributed by atoms with Crippen LogP contribution < -0.4 is 14.8 Å². The van der Waals surface area contributed by atoms with E-state index in [4.69, 9.17) is 9.47 Å². The molecule has 3 rings (SSSR count). The molecule has 0 spiro atoms. The lowest BCUT2D eigenvalue weighted by atomic mass is 9.91. The number of hydrogen-bond donors (Lipinski definition) is 1. The predicted molar refractivity (Wildman–Crippen MR) is 81.1 cm³/mol. The standard InChI is InChI=1S/C17H19NO2/c1-11-8-17(20-3)13(9-16(11)19-2)14-10-18-15-7-5-4-6-12(14)15/h4-9,14,18H,10H2,1-3H3. The maximum atomic E-state index is 5.57. The van der Waals surface area contributed by atoms with Crippen LogP contribution in [-0.2, 0) is 0 Å². The molecule has 1 unspecified atom stereocenters. The van der Waals surface area contributed by atoms with Crippen LogP contribution in [0.1, 0.15) is 22.6 Å². The van der Waals surface area contributed by atoms with E-state index in [-0.39, 0.29) is 0 Å². The monoisotopic (exact) mass is 269 g/mol. The number of ether oxygens (including phenoxy) is 2. The van der Waals surface area contributed by atoms with Gasteiger partial charge in [0.15, 0.2) is 0 Å². The van der Waals surface area contributed by atoms with Crippen molar-refractivity contribution in [2.75, 3.05) is 26.1 Å². The number of anilines is 1. The van der Waals surface area contributed by atoms with Crippen molar-refractivity contribution < 1.29 is 9.47 Å². The predicted octanol–water partition coefficient (Wildman–Crippen LogP) is 3.57. The second kappa shape index (κ2) is 5.08. The van der Waals surface area contributed by atoms with Crippen molar-refractivity contribution in [3.8, 4) is 11.5 Å². The first-order valence-corrected chi connectivity index (χ1v) is 6.80. The van der Waals surface area contributed by atoms with Crippen molar-refractivity contribution in [1.29, 1.82) is 0 Å². The fourth-order valence-electron chi connectivity index (χ4n) is 2.91. The van der Waals surface area contributed by atoms with Gasteiger partial charge in [-0.1, -0.05) is 18.2 Å². The van der Waals surface area contributed by atoms with Gasteiger partial charge in [0, 0.05) is 23.7 Å². The molecular weight excluding hydrogens is 250 g/mol. The van der Waals surface area contributed by atoms with E-state index >= 15 is 0 Å². The third-order valence-electron chi connectivity index (χ3n) is 3.96. The second-order valence-electron chi connectivity index (χ2n) is 5.08. The Kier molecular flexibility index (Phi) is 3.26. The molecule has 1 heterocycles. The van der Waals surface area contributed by atoms with E-state index in [2.05, 4.69) is 41.7 Å². The third kappa shape index (κ3) is 1.99.